The number of nitrogens with one attached hydrogen (secondary N) is 1. The first-order chi connectivity index (χ1) is 10.5. The fraction of sp³-hybridized carbons (Fsp3) is 0.500. The Morgan fingerprint density at radius 2 is 2.27 bits per heavy atom. The van der Waals surface area contributed by atoms with E-state index in [0.717, 1.165) is 17.7 Å². The van der Waals surface area contributed by atoms with Gasteiger partial charge in [0, 0.05) is 43.9 Å². The molecular weight excluding hydrogens is 304 g/mol. The summed E-state index contributed by atoms with van der Waals surface area (Å²) in [5, 5.41) is 3.47. The van der Waals surface area contributed by atoms with Crippen LogP contribution in [0.5, 0.6) is 0 Å². The lowest BCUT2D eigenvalue weighted by Gasteiger charge is -2.17. The van der Waals surface area contributed by atoms with Crippen LogP contribution in [0.1, 0.15) is 18.4 Å². The van der Waals surface area contributed by atoms with Crippen LogP contribution in [0, 0.1) is 12.8 Å². The lowest BCUT2D eigenvalue weighted by molar-refractivity contribution is -0.126. The molecule has 0 radical (unpaired) electrons. The van der Waals surface area contributed by atoms with Gasteiger partial charge in [-0.1, -0.05) is 17.7 Å². The second-order valence-electron chi connectivity index (χ2n) is 5.48. The highest BCUT2D eigenvalue weighted by molar-refractivity contribution is 6.31. The lowest BCUT2D eigenvalue weighted by Crippen LogP contribution is -2.33. The van der Waals surface area contributed by atoms with E-state index in [9.17, 15) is 9.59 Å². The van der Waals surface area contributed by atoms with Gasteiger partial charge in [0.2, 0.25) is 11.8 Å². The highest BCUT2D eigenvalue weighted by Crippen LogP contribution is 2.28. The molecule has 1 aromatic rings. The smallest absolute Gasteiger partial charge is 0.227 e. The lowest BCUT2D eigenvalue weighted by atomic mass is 10.1. The summed E-state index contributed by atoms with van der Waals surface area (Å²) in [6.45, 7) is 3.48. The summed E-state index contributed by atoms with van der Waals surface area (Å²) < 4.78 is 4.94. The topological polar surface area (TPSA) is 58.6 Å². The summed E-state index contributed by atoms with van der Waals surface area (Å²) in [5.41, 5.74) is 1.71. The van der Waals surface area contributed by atoms with Crippen molar-refractivity contribution in [1.29, 1.82) is 0 Å². The Morgan fingerprint density at radius 1 is 1.50 bits per heavy atom. The van der Waals surface area contributed by atoms with Gasteiger partial charge < -0.3 is 15.0 Å². The van der Waals surface area contributed by atoms with Crippen LogP contribution in [0.3, 0.4) is 0 Å². The van der Waals surface area contributed by atoms with E-state index in [2.05, 4.69) is 5.32 Å². The molecule has 1 aliphatic heterocycles. The Bertz CT molecular complexity index is 562. The van der Waals surface area contributed by atoms with Crippen LogP contribution in [0.2, 0.25) is 5.02 Å². The quantitative estimate of drug-likeness (QED) is 0.816. The number of rotatable bonds is 6. The molecule has 0 aliphatic carbocycles. The Labute approximate surface area is 135 Å². The number of hydrogen-bond donors (Lipinski definition) is 1. The number of methoxy groups -OCH3 is 1. The molecule has 0 aromatic heterocycles. The molecule has 5 nitrogen and oxygen atoms in total. The minimum Gasteiger partial charge on any atom is -0.385 e. The van der Waals surface area contributed by atoms with E-state index in [1.165, 1.54) is 0 Å². The summed E-state index contributed by atoms with van der Waals surface area (Å²) in [7, 11) is 1.63. The van der Waals surface area contributed by atoms with E-state index in [1.807, 2.05) is 19.1 Å². The molecule has 1 atom stereocenters. The van der Waals surface area contributed by atoms with Crippen LogP contribution in [-0.2, 0) is 14.3 Å². The first kappa shape index (κ1) is 16.8. The molecule has 0 unspecified atom stereocenters. The summed E-state index contributed by atoms with van der Waals surface area (Å²) >= 11 is 6.11. The fourth-order valence-electron chi connectivity index (χ4n) is 2.45. The molecule has 0 spiro atoms. The number of amides is 2. The van der Waals surface area contributed by atoms with Gasteiger partial charge in [0.25, 0.3) is 0 Å². The summed E-state index contributed by atoms with van der Waals surface area (Å²) in [4.78, 5) is 25.9. The molecule has 0 saturated carbocycles. The van der Waals surface area contributed by atoms with E-state index in [0.29, 0.717) is 24.7 Å². The molecule has 1 aromatic carbocycles. The molecule has 1 heterocycles. The van der Waals surface area contributed by atoms with Gasteiger partial charge in [0.05, 0.1) is 5.92 Å². The first-order valence-corrected chi connectivity index (χ1v) is 7.74. The van der Waals surface area contributed by atoms with Crippen molar-refractivity contribution in [2.24, 2.45) is 5.92 Å². The SMILES string of the molecule is COCCCNC(=O)[C@H]1CC(=O)N(c2ccc(C)c(Cl)c2)C1. The van der Waals surface area contributed by atoms with Crippen LogP contribution in [0.25, 0.3) is 0 Å². The van der Waals surface area contributed by atoms with E-state index in [4.69, 9.17) is 16.3 Å². The average Bonchev–Trinajstić information content (AvgIpc) is 2.88. The number of halogens is 1. The minimum absolute atomic E-state index is 0.0445. The van der Waals surface area contributed by atoms with E-state index in [1.54, 1.807) is 18.1 Å². The third-order valence-corrected chi connectivity index (χ3v) is 4.19. The number of hydrogen-bond acceptors (Lipinski definition) is 3. The second-order valence-corrected chi connectivity index (χ2v) is 5.88. The molecular formula is C16H21ClN2O3. The van der Waals surface area contributed by atoms with Crippen molar-refractivity contribution in [2.75, 3.05) is 31.7 Å². The molecule has 2 amide bonds. The summed E-state index contributed by atoms with van der Waals surface area (Å²) in [5.74, 6) is -0.433. The zero-order valence-electron chi connectivity index (χ0n) is 12.9. The van der Waals surface area contributed by atoms with Crippen molar-refractivity contribution in [1.82, 2.24) is 5.32 Å². The van der Waals surface area contributed by atoms with Gasteiger partial charge in [-0.05, 0) is 31.0 Å². The van der Waals surface area contributed by atoms with Crippen LogP contribution in [0.15, 0.2) is 18.2 Å². The molecule has 0 bridgehead atoms. The molecule has 6 heteroatoms. The maximum Gasteiger partial charge on any atom is 0.227 e. The number of aryl methyl sites for hydroxylation is 1. The second kappa shape index (κ2) is 7.61. The third-order valence-electron chi connectivity index (χ3n) is 3.79. The highest BCUT2D eigenvalue weighted by atomic mass is 35.5. The Balaban J connectivity index is 1.95. The molecule has 1 saturated heterocycles. The number of carbonyl (C=O) groups excluding carboxylic acids is 2. The summed E-state index contributed by atoms with van der Waals surface area (Å²) in [6, 6.07) is 5.51. The molecule has 1 N–H and O–H groups in total. The standard InChI is InChI=1S/C16H21ClN2O3/c1-11-4-5-13(9-14(11)17)19-10-12(8-15(19)20)16(21)18-6-3-7-22-2/h4-5,9,12H,3,6-8,10H2,1-2H3,(H,18,21)/t12-/m0/s1. The van der Waals surface area contributed by atoms with E-state index in [-0.39, 0.29) is 24.2 Å². The van der Waals surface area contributed by atoms with Crippen LogP contribution in [-0.4, -0.2) is 38.6 Å². The number of carbonyl (C=O) groups is 2. The third kappa shape index (κ3) is 3.99. The number of anilines is 1. The number of benzene rings is 1. The van der Waals surface area contributed by atoms with Crippen molar-refractivity contribution in [3.05, 3.63) is 28.8 Å². The van der Waals surface area contributed by atoms with E-state index < -0.39 is 0 Å². The zero-order chi connectivity index (χ0) is 16.1. The van der Waals surface area contributed by atoms with Crippen LogP contribution in [0.4, 0.5) is 5.69 Å². The fourth-order valence-corrected chi connectivity index (χ4v) is 2.63. The van der Waals surface area contributed by atoms with Crippen molar-refractivity contribution in [2.45, 2.75) is 19.8 Å². The zero-order valence-corrected chi connectivity index (χ0v) is 13.7. The first-order valence-electron chi connectivity index (χ1n) is 7.36. The van der Waals surface area contributed by atoms with Gasteiger partial charge >= 0.3 is 0 Å². The largest absolute Gasteiger partial charge is 0.385 e. The molecule has 120 valence electrons. The average molecular weight is 325 g/mol. The van der Waals surface area contributed by atoms with Crippen LogP contribution < -0.4 is 10.2 Å². The van der Waals surface area contributed by atoms with Crippen molar-refractivity contribution in [3.8, 4) is 0 Å². The Hall–Kier alpha value is -1.59. The normalized spacial score (nSPS) is 17.9. The maximum atomic E-state index is 12.1. The van der Waals surface area contributed by atoms with Crippen molar-refractivity contribution < 1.29 is 14.3 Å². The Morgan fingerprint density at radius 3 is 2.95 bits per heavy atom. The maximum absolute atomic E-state index is 12.1. The highest BCUT2D eigenvalue weighted by Gasteiger charge is 2.35. The van der Waals surface area contributed by atoms with Gasteiger partial charge in [-0.3, -0.25) is 9.59 Å². The van der Waals surface area contributed by atoms with Gasteiger partial charge in [-0.2, -0.15) is 0 Å². The Kier molecular flexibility index (Phi) is 5.80. The van der Waals surface area contributed by atoms with Crippen molar-refractivity contribution in [3.63, 3.8) is 0 Å². The predicted octanol–water partition coefficient (Wildman–Crippen LogP) is 2.15. The monoisotopic (exact) mass is 324 g/mol. The van der Waals surface area contributed by atoms with Gasteiger partial charge in [0.1, 0.15) is 0 Å². The molecule has 22 heavy (non-hydrogen) atoms. The van der Waals surface area contributed by atoms with Gasteiger partial charge in [0.15, 0.2) is 0 Å². The van der Waals surface area contributed by atoms with Gasteiger partial charge in [-0.25, -0.2) is 0 Å². The minimum atomic E-state index is -0.310. The van der Waals surface area contributed by atoms with Crippen LogP contribution >= 0.6 is 11.6 Å². The molecule has 2 rings (SSSR count). The van der Waals surface area contributed by atoms with E-state index >= 15 is 0 Å². The number of ether oxygens (including phenoxy) is 1. The summed E-state index contributed by atoms with van der Waals surface area (Å²) in [6.07, 6.45) is 1.00. The molecule has 1 aliphatic rings. The predicted molar refractivity (Wildman–Crippen MR) is 86.2 cm³/mol. The molecule has 1 fully saturated rings. The van der Waals surface area contributed by atoms with Crippen molar-refractivity contribution >= 4 is 29.1 Å². The van der Waals surface area contributed by atoms with Gasteiger partial charge in [-0.15, -0.1) is 0 Å². The number of nitrogens with zero attached hydrogens (tertiary/aromatic N) is 1.